The molecule has 1 saturated heterocycles. The van der Waals surface area contributed by atoms with Crippen LogP contribution in [-0.4, -0.2) is 67.0 Å². The van der Waals surface area contributed by atoms with E-state index in [1.165, 1.54) is 11.3 Å². The maximum atomic E-state index is 13.0. The number of hydrogen-bond acceptors (Lipinski definition) is 5. The fraction of sp³-hybridized carbons (Fsp3) is 0.455. The van der Waals surface area contributed by atoms with Crippen LogP contribution < -0.4 is 10.1 Å². The number of nitrogens with zero attached hydrogens (tertiary/aromatic N) is 2. The van der Waals surface area contributed by atoms with Crippen LogP contribution in [0.3, 0.4) is 0 Å². The number of ether oxygens (including phenoxy) is 1. The van der Waals surface area contributed by atoms with Gasteiger partial charge in [-0.2, -0.15) is 0 Å². The van der Waals surface area contributed by atoms with E-state index in [0.29, 0.717) is 35.3 Å². The van der Waals surface area contributed by atoms with Crippen LogP contribution in [0, 0.1) is 5.92 Å². The minimum atomic E-state index is -0.519. The van der Waals surface area contributed by atoms with Crippen molar-refractivity contribution in [3.63, 3.8) is 0 Å². The lowest BCUT2D eigenvalue weighted by atomic mass is 10.0. The second kappa shape index (κ2) is 10.8. The molecule has 162 valence electrons. The summed E-state index contributed by atoms with van der Waals surface area (Å²) in [6.45, 7) is 8.08. The van der Waals surface area contributed by atoms with Crippen molar-refractivity contribution in [1.82, 2.24) is 15.1 Å². The number of piperazine rings is 1. The number of amides is 2. The van der Waals surface area contributed by atoms with Gasteiger partial charge in [-0.3, -0.25) is 14.5 Å². The molecular formula is C22H28ClN3O3S. The highest BCUT2D eigenvalue weighted by molar-refractivity contribution is 7.12. The molecule has 6 nitrogen and oxygen atoms in total. The van der Waals surface area contributed by atoms with Crippen molar-refractivity contribution < 1.29 is 14.3 Å². The Bertz CT molecular complexity index is 836. The molecular weight excluding hydrogens is 422 g/mol. The Balaban J connectivity index is 1.46. The molecule has 1 atom stereocenters. The summed E-state index contributed by atoms with van der Waals surface area (Å²) in [6.07, 6.45) is 0. The molecule has 1 unspecified atom stereocenters. The quantitative estimate of drug-likeness (QED) is 0.671. The van der Waals surface area contributed by atoms with E-state index >= 15 is 0 Å². The van der Waals surface area contributed by atoms with Gasteiger partial charge in [0.15, 0.2) is 0 Å². The van der Waals surface area contributed by atoms with Gasteiger partial charge in [-0.1, -0.05) is 43.6 Å². The third-order valence-electron chi connectivity index (χ3n) is 5.15. The van der Waals surface area contributed by atoms with Gasteiger partial charge in [-0.25, -0.2) is 0 Å². The van der Waals surface area contributed by atoms with Crippen LogP contribution in [0.2, 0.25) is 5.02 Å². The number of para-hydroxylation sites is 1. The maximum absolute atomic E-state index is 13.0. The summed E-state index contributed by atoms with van der Waals surface area (Å²) in [7, 11) is 0. The Morgan fingerprint density at radius 1 is 1.13 bits per heavy atom. The molecule has 1 fully saturated rings. The Morgan fingerprint density at radius 3 is 2.50 bits per heavy atom. The fourth-order valence-corrected chi connectivity index (χ4v) is 4.19. The molecule has 8 heteroatoms. The summed E-state index contributed by atoms with van der Waals surface area (Å²) < 4.78 is 5.76. The zero-order valence-corrected chi connectivity index (χ0v) is 18.9. The summed E-state index contributed by atoms with van der Waals surface area (Å²) in [5, 5.41) is 5.38. The van der Waals surface area contributed by atoms with Crippen molar-refractivity contribution >= 4 is 34.8 Å². The van der Waals surface area contributed by atoms with Crippen LogP contribution in [0.15, 0.2) is 41.8 Å². The molecule has 1 aliphatic rings. The number of benzene rings is 1. The number of hydrogen-bond donors (Lipinski definition) is 1. The highest BCUT2D eigenvalue weighted by Gasteiger charge is 2.31. The monoisotopic (exact) mass is 449 g/mol. The highest BCUT2D eigenvalue weighted by atomic mass is 35.5. The predicted molar refractivity (Wildman–Crippen MR) is 120 cm³/mol. The molecule has 0 saturated carbocycles. The van der Waals surface area contributed by atoms with Crippen molar-refractivity contribution in [2.75, 3.05) is 39.3 Å². The summed E-state index contributed by atoms with van der Waals surface area (Å²) >= 11 is 7.49. The van der Waals surface area contributed by atoms with Crippen LogP contribution in [0.4, 0.5) is 0 Å². The zero-order chi connectivity index (χ0) is 21.5. The zero-order valence-electron chi connectivity index (χ0n) is 17.3. The minimum Gasteiger partial charge on any atom is -0.491 e. The molecule has 2 aromatic rings. The normalized spacial score (nSPS) is 15.8. The standard InChI is InChI=1S/C22H28ClN3O3S/c1-16(2)20(24-21(27)19-8-5-15-30-19)22(28)26-11-9-25(10-12-26)13-14-29-18-7-4-3-6-17(18)23/h3-8,15-16,20H,9-14H2,1-2H3,(H,24,27). The van der Waals surface area contributed by atoms with Gasteiger partial charge < -0.3 is 15.0 Å². The summed E-state index contributed by atoms with van der Waals surface area (Å²) in [5.74, 6) is 0.506. The molecule has 0 aliphatic carbocycles. The minimum absolute atomic E-state index is 0.0122. The predicted octanol–water partition coefficient (Wildman–Crippen LogP) is 3.38. The van der Waals surface area contributed by atoms with Crippen LogP contribution in [0.1, 0.15) is 23.5 Å². The Labute approximate surface area is 186 Å². The van der Waals surface area contributed by atoms with E-state index in [4.69, 9.17) is 16.3 Å². The third kappa shape index (κ3) is 5.97. The van der Waals surface area contributed by atoms with E-state index in [9.17, 15) is 9.59 Å². The lowest BCUT2D eigenvalue weighted by Crippen LogP contribution is -2.56. The van der Waals surface area contributed by atoms with Gasteiger partial charge in [-0.05, 0) is 29.5 Å². The maximum Gasteiger partial charge on any atom is 0.262 e. The van der Waals surface area contributed by atoms with Crippen LogP contribution in [0.25, 0.3) is 0 Å². The van der Waals surface area contributed by atoms with Gasteiger partial charge in [0.2, 0.25) is 5.91 Å². The molecule has 0 radical (unpaired) electrons. The smallest absolute Gasteiger partial charge is 0.262 e. The van der Waals surface area contributed by atoms with Gasteiger partial charge in [0, 0.05) is 32.7 Å². The molecule has 0 bridgehead atoms. The largest absolute Gasteiger partial charge is 0.491 e. The van der Waals surface area contributed by atoms with Gasteiger partial charge >= 0.3 is 0 Å². The fourth-order valence-electron chi connectivity index (χ4n) is 3.37. The van der Waals surface area contributed by atoms with E-state index in [-0.39, 0.29) is 17.7 Å². The average molecular weight is 450 g/mol. The number of thiophene rings is 1. The summed E-state index contributed by atoms with van der Waals surface area (Å²) in [6, 6.07) is 10.5. The number of halogens is 1. The summed E-state index contributed by atoms with van der Waals surface area (Å²) in [5.41, 5.74) is 0. The Morgan fingerprint density at radius 2 is 1.87 bits per heavy atom. The molecule has 2 heterocycles. The lowest BCUT2D eigenvalue weighted by molar-refractivity contribution is -0.136. The van der Waals surface area contributed by atoms with E-state index < -0.39 is 6.04 Å². The first kappa shape index (κ1) is 22.6. The molecule has 3 rings (SSSR count). The van der Waals surface area contributed by atoms with Crippen molar-refractivity contribution in [1.29, 1.82) is 0 Å². The Kier molecular flexibility index (Phi) is 8.13. The first-order valence-electron chi connectivity index (χ1n) is 10.2. The molecule has 0 spiro atoms. The van der Waals surface area contributed by atoms with Crippen LogP contribution in [-0.2, 0) is 4.79 Å². The van der Waals surface area contributed by atoms with Crippen molar-refractivity contribution in [2.45, 2.75) is 19.9 Å². The average Bonchev–Trinajstić information content (AvgIpc) is 3.28. The van der Waals surface area contributed by atoms with E-state index in [0.717, 1.165) is 19.6 Å². The van der Waals surface area contributed by atoms with Gasteiger partial charge in [0.1, 0.15) is 18.4 Å². The molecule has 1 aliphatic heterocycles. The third-order valence-corrected chi connectivity index (χ3v) is 6.33. The SMILES string of the molecule is CC(C)C(NC(=O)c1cccs1)C(=O)N1CCN(CCOc2ccccc2Cl)CC1. The first-order valence-corrected chi connectivity index (χ1v) is 11.4. The molecule has 30 heavy (non-hydrogen) atoms. The number of rotatable bonds is 8. The van der Waals surface area contributed by atoms with Crippen molar-refractivity contribution in [2.24, 2.45) is 5.92 Å². The van der Waals surface area contributed by atoms with E-state index in [2.05, 4.69) is 10.2 Å². The first-order chi connectivity index (χ1) is 14.5. The number of carbonyl (C=O) groups excluding carboxylic acids is 2. The topological polar surface area (TPSA) is 61.9 Å². The van der Waals surface area contributed by atoms with E-state index in [1.807, 2.05) is 54.5 Å². The van der Waals surface area contributed by atoms with E-state index in [1.54, 1.807) is 6.07 Å². The van der Waals surface area contributed by atoms with Crippen LogP contribution in [0.5, 0.6) is 5.75 Å². The lowest BCUT2D eigenvalue weighted by Gasteiger charge is -2.37. The van der Waals surface area contributed by atoms with Gasteiger partial charge in [-0.15, -0.1) is 11.3 Å². The second-order valence-corrected chi connectivity index (χ2v) is 8.97. The Hall–Kier alpha value is -2.09. The molecule has 1 aromatic carbocycles. The number of nitrogens with one attached hydrogen (secondary N) is 1. The molecule has 1 N–H and O–H groups in total. The highest BCUT2D eigenvalue weighted by Crippen LogP contribution is 2.23. The van der Waals surface area contributed by atoms with Crippen molar-refractivity contribution in [3.8, 4) is 5.75 Å². The molecule has 2 amide bonds. The van der Waals surface area contributed by atoms with Crippen molar-refractivity contribution in [3.05, 3.63) is 51.7 Å². The second-order valence-electron chi connectivity index (χ2n) is 7.62. The number of carbonyl (C=O) groups is 2. The van der Waals surface area contributed by atoms with Gasteiger partial charge in [0.05, 0.1) is 9.90 Å². The van der Waals surface area contributed by atoms with Crippen LogP contribution >= 0.6 is 22.9 Å². The molecule has 1 aromatic heterocycles. The summed E-state index contributed by atoms with van der Waals surface area (Å²) in [4.78, 5) is 30.2. The van der Waals surface area contributed by atoms with Gasteiger partial charge in [0.25, 0.3) is 5.91 Å².